The number of rotatable bonds is 9. The summed E-state index contributed by atoms with van der Waals surface area (Å²) < 4.78 is 25.4. The molecule has 0 aromatic rings. The van der Waals surface area contributed by atoms with Gasteiger partial charge in [0.05, 0.1) is 5.75 Å². The zero-order valence-electron chi connectivity index (χ0n) is 10.6. The summed E-state index contributed by atoms with van der Waals surface area (Å²) >= 11 is 0. The standard InChI is InChI=1S/C10H25N3O2S/c1-4-10(2)13(3)8-7-12-16(14,15)9-5-6-11/h10,12H,4-9,11H2,1-3H3. The van der Waals surface area contributed by atoms with Gasteiger partial charge >= 0.3 is 0 Å². The normalized spacial score (nSPS) is 14.3. The third-order valence-corrected chi connectivity index (χ3v) is 4.22. The molecule has 0 aliphatic heterocycles. The van der Waals surface area contributed by atoms with Gasteiger partial charge in [-0.1, -0.05) is 6.92 Å². The highest BCUT2D eigenvalue weighted by molar-refractivity contribution is 7.89. The van der Waals surface area contributed by atoms with Crippen LogP contribution in [-0.2, 0) is 10.0 Å². The maximum absolute atomic E-state index is 11.4. The minimum absolute atomic E-state index is 0.122. The van der Waals surface area contributed by atoms with Gasteiger partial charge in [0, 0.05) is 19.1 Å². The second kappa shape index (κ2) is 8.00. The van der Waals surface area contributed by atoms with E-state index in [1.165, 1.54) is 0 Å². The van der Waals surface area contributed by atoms with E-state index in [4.69, 9.17) is 5.73 Å². The summed E-state index contributed by atoms with van der Waals surface area (Å²) in [6.07, 6.45) is 1.58. The van der Waals surface area contributed by atoms with Gasteiger partial charge in [0.25, 0.3) is 0 Å². The fourth-order valence-corrected chi connectivity index (χ4v) is 2.35. The number of sulfonamides is 1. The van der Waals surface area contributed by atoms with Crippen molar-refractivity contribution in [2.75, 3.05) is 32.4 Å². The van der Waals surface area contributed by atoms with Gasteiger partial charge in [0.15, 0.2) is 0 Å². The molecule has 0 aliphatic rings. The molecule has 0 aliphatic carbocycles. The summed E-state index contributed by atoms with van der Waals surface area (Å²) in [6.45, 7) is 5.85. The van der Waals surface area contributed by atoms with Crippen LogP contribution in [0.25, 0.3) is 0 Å². The van der Waals surface area contributed by atoms with Crippen molar-refractivity contribution in [3.63, 3.8) is 0 Å². The van der Waals surface area contributed by atoms with Gasteiger partial charge in [0.1, 0.15) is 0 Å². The largest absolute Gasteiger partial charge is 0.330 e. The molecule has 0 heterocycles. The van der Waals surface area contributed by atoms with Crippen LogP contribution in [0, 0.1) is 0 Å². The summed E-state index contributed by atoms with van der Waals surface area (Å²) in [4.78, 5) is 2.14. The SMILES string of the molecule is CCC(C)N(C)CCNS(=O)(=O)CCCN. The molecule has 16 heavy (non-hydrogen) atoms. The molecule has 6 heteroatoms. The molecule has 0 radical (unpaired) electrons. The Hall–Kier alpha value is -0.170. The van der Waals surface area contributed by atoms with Crippen molar-refractivity contribution in [2.45, 2.75) is 32.7 Å². The Kier molecular flexibility index (Phi) is 7.91. The number of likely N-dealkylation sites (N-methyl/N-ethyl adjacent to an activating group) is 1. The number of nitrogens with one attached hydrogen (secondary N) is 1. The fraction of sp³-hybridized carbons (Fsp3) is 1.00. The van der Waals surface area contributed by atoms with E-state index in [0.717, 1.165) is 13.0 Å². The Morgan fingerprint density at radius 1 is 1.44 bits per heavy atom. The Balaban J connectivity index is 3.80. The average molecular weight is 251 g/mol. The molecule has 1 unspecified atom stereocenters. The fourth-order valence-electron chi connectivity index (χ4n) is 1.26. The van der Waals surface area contributed by atoms with E-state index >= 15 is 0 Å². The quantitative estimate of drug-likeness (QED) is 0.604. The molecule has 0 aromatic heterocycles. The van der Waals surface area contributed by atoms with Crippen molar-refractivity contribution in [3.05, 3.63) is 0 Å². The molecule has 0 rings (SSSR count). The molecular formula is C10H25N3O2S. The first-order chi connectivity index (χ1) is 7.43. The highest BCUT2D eigenvalue weighted by Crippen LogP contribution is 1.98. The highest BCUT2D eigenvalue weighted by atomic mass is 32.2. The van der Waals surface area contributed by atoms with E-state index in [1.54, 1.807) is 0 Å². The van der Waals surface area contributed by atoms with Crippen molar-refractivity contribution in [2.24, 2.45) is 5.73 Å². The smallest absolute Gasteiger partial charge is 0.211 e. The molecule has 0 aromatic carbocycles. The molecule has 3 N–H and O–H groups in total. The molecule has 1 atom stereocenters. The van der Waals surface area contributed by atoms with Crippen molar-refractivity contribution in [3.8, 4) is 0 Å². The molecule has 0 saturated heterocycles. The Labute approximate surface area is 99.4 Å². The minimum Gasteiger partial charge on any atom is -0.330 e. The third-order valence-electron chi connectivity index (χ3n) is 2.75. The van der Waals surface area contributed by atoms with Crippen LogP contribution < -0.4 is 10.5 Å². The lowest BCUT2D eigenvalue weighted by molar-refractivity contribution is 0.256. The third kappa shape index (κ3) is 7.16. The van der Waals surface area contributed by atoms with E-state index in [2.05, 4.69) is 23.5 Å². The first kappa shape index (κ1) is 15.8. The molecule has 0 fully saturated rings. The molecule has 98 valence electrons. The van der Waals surface area contributed by atoms with Crippen LogP contribution in [0.1, 0.15) is 26.7 Å². The monoisotopic (exact) mass is 251 g/mol. The van der Waals surface area contributed by atoms with E-state index in [1.807, 2.05) is 7.05 Å². The maximum atomic E-state index is 11.4. The van der Waals surface area contributed by atoms with Crippen LogP contribution >= 0.6 is 0 Å². The van der Waals surface area contributed by atoms with Crippen LogP contribution in [0.2, 0.25) is 0 Å². The van der Waals surface area contributed by atoms with Crippen molar-refractivity contribution >= 4 is 10.0 Å². The van der Waals surface area contributed by atoms with Gasteiger partial charge in [0.2, 0.25) is 10.0 Å². The lowest BCUT2D eigenvalue weighted by Crippen LogP contribution is -2.37. The lowest BCUT2D eigenvalue weighted by Gasteiger charge is -2.23. The van der Waals surface area contributed by atoms with E-state index in [0.29, 0.717) is 25.6 Å². The Bertz CT molecular complexity index is 267. The highest BCUT2D eigenvalue weighted by Gasteiger charge is 2.10. The second-order valence-electron chi connectivity index (χ2n) is 4.09. The summed E-state index contributed by atoms with van der Waals surface area (Å²) in [5, 5.41) is 0. The van der Waals surface area contributed by atoms with Gasteiger partial charge in [-0.3, -0.25) is 0 Å². The van der Waals surface area contributed by atoms with Gasteiger partial charge in [-0.25, -0.2) is 13.1 Å². The van der Waals surface area contributed by atoms with Gasteiger partial charge in [-0.15, -0.1) is 0 Å². The van der Waals surface area contributed by atoms with Gasteiger partial charge in [-0.05, 0) is 33.4 Å². The van der Waals surface area contributed by atoms with Gasteiger partial charge in [-0.2, -0.15) is 0 Å². The molecular weight excluding hydrogens is 226 g/mol. The van der Waals surface area contributed by atoms with Crippen LogP contribution in [0.4, 0.5) is 0 Å². The van der Waals surface area contributed by atoms with E-state index < -0.39 is 10.0 Å². The second-order valence-corrected chi connectivity index (χ2v) is 6.02. The molecule has 0 amide bonds. The van der Waals surface area contributed by atoms with E-state index in [-0.39, 0.29) is 5.75 Å². The van der Waals surface area contributed by atoms with Crippen LogP contribution in [0.5, 0.6) is 0 Å². The maximum Gasteiger partial charge on any atom is 0.211 e. The zero-order valence-corrected chi connectivity index (χ0v) is 11.4. The molecule has 0 saturated carbocycles. The Morgan fingerprint density at radius 3 is 2.56 bits per heavy atom. The van der Waals surface area contributed by atoms with Crippen molar-refractivity contribution in [1.29, 1.82) is 0 Å². The minimum atomic E-state index is -3.13. The number of hydrogen-bond donors (Lipinski definition) is 2. The van der Waals surface area contributed by atoms with E-state index in [9.17, 15) is 8.42 Å². The van der Waals surface area contributed by atoms with Gasteiger partial charge < -0.3 is 10.6 Å². The number of hydrogen-bond acceptors (Lipinski definition) is 4. The van der Waals surface area contributed by atoms with Crippen LogP contribution in [-0.4, -0.2) is 51.8 Å². The first-order valence-electron chi connectivity index (χ1n) is 5.80. The molecule has 5 nitrogen and oxygen atoms in total. The van der Waals surface area contributed by atoms with Crippen molar-refractivity contribution < 1.29 is 8.42 Å². The Morgan fingerprint density at radius 2 is 2.06 bits per heavy atom. The van der Waals surface area contributed by atoms with Crippen molar-refractivity contribution in [1.82, 2.24) is 9.62 Å². The predicted molar refractivity (Wildman–Crippen MR) is 67.8 cm³/mol. The molecule has 0 bridgehead atoms. The predicted octanol–water partition coefficient (Wildman–Crippen LogP) is -0.0151. The van der Waals surface area contributed by atoms with Crippen LogP contribution in [0.3, 0.4) is 0 Å². The average Bonchev–Trinajstić information content (AvgIpc) is 2.24. The zero-order chi connectivity index (χ0) is 12.6. The number of nitrogens with two attached hydrogens (primary N) is 1. The van der Waals surface area contributed by atoms with Crippen LogP contribution in [0.15, 0.2) is 0 Å². The lowest BCUT2D eigenvalue weighted by atomic mass is 10.2. The first-order valence-corrected chi connectivity index (χ1v) is 7.45. The summed E-state index contributed by atoms with van der Waals surface area (Å²) in [5.41, 5.74) is 5.27. The summed E-state index contributed by atoms with van der Waals surface area (Å²) in [7, 11) is -1.13. The molecule has 0 spiro atoms. The number of nitrogens with zero attached hydrogens (tertiary/aromatic N) is 1. The summed E-state index contributed by atoms with van der Waals surface area (Å²) in [6, 6.07) is 0.480. The summed E-state index contributed by atoms with van der Waals surface area (Å²) in [5.74, 6) is 0.122. The topological polar surface area (TPSA) is 75.4 Å².